The molecule has 0 aliphatic heterocycles. The summed E-state index contributed by atoms with van der Waals surface area (Å²) in [6.07, 6.45) is 1.19. The lowest BCUT2D eigenvalue weighted by Gasteiger charge is -2.23. The fourth-order valence-electron chi connectivity index (χ4n) is 1.64. The molecule has 0 saturated carbocycles. The smallest absolute Gasteiger partial charge is 0.0758 e. The van der Waals surface area contributed by atoms with Gasteiger partial charge in [0.1, 0.15) is 0 Å². The molecule has 0 bridgehead atoms. The maximum absolute atomic E-state index is 3.63. The van der Waals surface area contributed by atoms with E-state index >= 15 is 0 Å². The summed E-state index contributed by atoms with van der Waals surface area (Å²) >= 11 is 8.91. The molecular weight excluding hydrogens is 338 g/mol. The fraction of sp³-hybridized carbons (Fsp3) is 0.636. The van der Waals surface area contributed by atoms with Gasteiger partial charge in [-0.1, -0.05) is 27.2 Å². The summed E-state index contributed by atoms with van der Waals surface area (Å²) in [5.74, 6) is 0.655. The number of halogens is 2. The van der Waals surface area contributed by atoms with Crippen molar-refractivity contribution in [3.63, 3.8) is 0 Å². The summed E-state index contributed by atoms with van der Waals surface area (Å²) in [4.78, 5) is 0. The van der Waals surface area contributed by atoms with E-state index in [4.69, 9.17) is 0 Å². The van der Waals surface area contributed by atoms with Gasteiger partial charge in [0.05, 0.1) is 7.57 Å². The number of hydrogen-bond acceptors (Lipinski definition) is 2. The Bertz CT molecular complexity index is 312. The summed E-state index contributed by atoms with van der Waals surface area (Å²) in [5, 5.41) is 3.56. The van der Waals surface area contributed by atoms with Gasteiger partial charge >= 0.3 is 0 Å². The van der Waals surface area contributed by atoms with Crippen LogP contribution in [-0.2, 0) is 0 Å². The van der Waals surface area contributed by atoms with Gasteiger partial charge in [0.15, 0.2) is 0 Å². The second-order valence-corrected chi connectivity index (χ2v) is 7.45. The van der Waals surface area contributed by atoms with Crippen LogP contribution in [0.1, 0.15) is 38.8 Å². The third-order valence-electron chi connectivity index (χ3n) is 2.66. The number of hydrogen-bond donors (Lipinski definition) is 1. The van der Waals surface area contributed by atoms with Crippen LogP contribution in [-0.4, -0.2) is 6.54 Å². The summed E-state index contributed by atoms with van der Waals surface area (Å²) < 4.78 is 2.43. The van der Waals surface area contributed by atoms with E-state index < -0.39 is 0 Å². The molecule has 2 atom stereocenters. The molecule has 2 unspecified atom stereocenters. The third kappa shape index (κ3) is 3.55. The molecule has 86 valence electrons. The van der Waals surface area contributed by atoms with Gasteiger partial charge in [0.2, 0.25) is 0 Å². The minimum Gasteiger partial charge on any atom is -0.310 e. The molecule has 1 N–H and O–H groups in total. The summed E-state index contributed by atoms with van der Waals surface area (Å²) in [5.41, 5.74) is 1.38. The first-order chi connectivity index (χ1) is 7.10. The fourth-order valence-corrected chi connectivity index (χ4v) is 4.57. The molecule has 4 heteroatoms. The monoisotopic (exact) mass is 353 g/mol. The lowest BCUT2D eigenvalue weighted by atomic mass is 9.94. The quantitative estimate of drug-likeness (QED) is 0.787. The van der Waals surface area contributed by atoms with Gasteiger partial charge < -0.3 is 5.32 Å². The van der Waals surface area contributed by atoms with Crippen molar-refractivity contribution in [2.24, 2.45) is 5.92 Å². The van der Waals surface area contributed by atoms with Crippen molar-refractivity contribution >= 4 is 43.2 Å². The minimum absolute atomic E-state index is 0.455. The Morgan fingerprint density at radius 2 is 2.07 bits per heavy atom. The zero-order chi connectivity index (χ0) is 11.4. The van der Waals surface area contributed by atoms with Crippen LogP contribution in [0, 0.1) is 5.92 Å². The van der Waals surface area contributed by atoms with Crippen molar-refractivity contribution < 1.29 is 0 Å². The molecular formula is C11H17Br2NS. The van der Waals surface area contributed by atoms with Crippen molar-refractivity contribution in [3.8, 4) is 0 Å². The lowest BCUT2D eigenvalue weighted by molar-refractivity contribution is 0.383. The van der Waals surface area contributed by atoms with E-state index in [-0.39, 0.29) is 0 Å². The number of nitrogens with one attached hydrogen (secondary N) is 1. The Balaban J connectivity index is 2.92. The molecule has 0 radical (unpaired) electrons. The van der Waals surface area contributed by atoms with Gasteiger partial charge in [0, 0.05) is 6.04 Å². The minimum atomic E-state index is 0.455. The van der Waals surface area contributed by atoms with Crippen LogP contribution in [0.25, 0.3) is 0 Å². The first-order valence-corrected chi connectivity index (χ1v) is 7.68. The van der Waals surface area contributed by atoms with E-state index in [9.17, 15) is 0 Å². The second kappa shape index (κ2) is 6.38. The molecule has 1 rings (SSSR count). The highest BCUT2D eigenvalue weighted by Crippen LogP contribution is 2.38. The second-order valence-electron chi connectivity index (χ2n) is 3.70. The Morgan fingerprint density at radius 1 is 1.40 bits per heavy atom. The van der Waals surface area contributed by atoms with E-state index in [1.807, 2.05) is 0 Å². The first-order valence-electron chi connectivity index (χ1n) is 5.28. The molecule has 15 heavy (non-hydrogen) atoms. The molecule has 0 amide bonds. The molecule has 0 spiro atoms. The van der Waals surface area contributed by atoms with Crippen LogP contribution in [0.15, 0.2) is 13.6 Å². The van der Waals surface area contributed by atoms with Gasteiger partial charge in [-0.05, 0) is 56.0 Å². The van der Waals surface area contributed by atoms with E-state index in [1.54, 1.807) is 11.3 Å². The SMILES string of the molecule is CCNC(c1cc(Br)sc1Br)C(C)CC. The Morgan fingerprint density at radius 3 is 2.47 bits per heavy atom. The zero-order valence-electron chi connectivity index (χ0n) is 9.31. The van der Waals surface area contributed by atoms with E-state index in [2.05, 4.69) is 64.0 Å². The Hall–Kier alpha value is 0.620. The predicted molar refractivity (Wildman–Crippen MR) is 75.6 cm³/mol. The van der Waals surface area contributed by atoms with Crippen LogP contribution < -0.4 is 5.32 Å². The van der Waals surface area contributed by atoms with Crippen LogP contribution in [0.4, 0.5) is 0 Å². The van der Waals surface area contributed by atoms with Crippen LogP contribution >= 0.6 is 43.2 Å². The molecule has 1 nitrogen and oxygen atoms in total. The molecule has 0 saturated heterocycles. The summed E-state index contributed by atoms with van der Waals surface area (Å²) in [6, 6.07) is 2.67. The number of thiophene rings is 1. The van der Waals surface area contributed by atoms with Crippen LogP contribution in [0.2, 0.25) is 0 Å². The largest absolute Gasteiger partial charge is 0.310 e. The topological polar surface area (TPSA) is 12.0 Å². The van der Waals surface area contributed by atoms with Gasteiger partial charge in [-0.3, -0.25) is 0 Å². The third-order valence-corrected chi connectivity index (χ3v) is 5.04. The van der Waals surface area contributed by atoms with Crippen molar-refractivity contribution in [2.75, 3.05) is 6.54 Å². The molecule has 0 fully saturated rings. The van der Waals surface area contributed by atoms with Crippen LogP contribution in [0.3, 0.4) is 0 Å². The predicted octanol–water partition coefficient (Wildman–Crippen LogP) is 4.97. The van der Waals surface area contributed by atoms with Crippen LogP contribution in [0.5, 0.6) is 0 Å². The molecule has 1 heterocycles. The molecule has 0 aromatic carbocycles. The van der Waals surface area contributed by atoms with Gasteiger partial charge in [-0.25, -0.2) is 0 Å². The summed E-state index contributed by atoms with van der Waals surface area (Å²) in [7, 11) is 0. The Labute approximate surface area is 113 Å². The lowest BCUT2D eigenvalue weighted by Crippen LogP contribution is -2.26. The van der Waals surface area contributed by atoms with Gasteiger partial charge in [0.25, 0.3) is 0 Å². The maximum atomic E-state index is 3.63. The molecule has 0 aliphatic carbocycles. The highest BCUT2D eigenvalue weighted by molar-refractivity contribution is 9.12. The average molecular weight is 355 g/mol. The number of rotatable bonds is 5. The molecule has 1 aromatic rings. The average Bonchev–Trinajstić information content (AvgIpc) is 2.53. The van der Waals surface area contributed by atoms with Crippen molar-refractivity contribution in [3.05, 3.63) is 19.2 Å². The van der Waals surface area contributed by atoms with E-state index in [0.717, 1.165) is 6.54 Å². The standard InChI is InChI=1S/C11H17Br2NS/c1-4-7(3)10(14-5-2)8-6-9(12)15-11(8)13/h6-7,10,14H,4-5H2,1-3H3. The molecule has 1 aromatic heterocycles. The molecule has 0 aliphatic rings. The zero-order valence-corrected chi connectivity index (χ0v) is 13.3. The van der Waals surface area contributed by atoms with Gasteiger partial charge in [-0.2, -0.15) is 0 Å². The summed E-state index contributed by atoms with van der Waals surface area (Å²) in [6.45, 7) is 7.70. The van der Waals surface area contributed by atoms with E-state index in [0.29, 0.717) is 12.0 Å². The first kappa shape index (κ1) is 13.7. The van der Waals surface area contributed by atoms with E-state index in [1.165, 1.54) is 19.6 Å². The highest BCUT2D eigenvalue weighted by Gasteiger charge is 2.20. The Kier molecular flexibility index (Phi) is 5.82. The van der Waals surface area contributed by atoms with Crippen molar-refractivity contribution in [1.29, 1.82) is 0 Å². The van der Waals surface area contributed by atoms with Crippen molar-refractivity contribution in [2.45, 2.75) is 33.2 Å². The highest BCUT2D eigenvalue weighted by atomic mass is 79.9. The normalized spacial score (nSPS) is 15.3. The maximum Gasteiger partial charge on any atom is 0.0758 e. The van der Waals surface area contributed by atoms with Crippen molar-refractivity contribution in [1.82, 2.24) is 5.32 Å². The van der Waals surface area contributed by atoms with Gasteiger partial charge in [-0.15, -0.1) is 11.3 Å².